The van der Waals surface area contributed by atoms with E-state index >= 15 is 0 Å². The van der Waals surface area contributed by atoms with Gasteiger partial charge in [-0.1, -0.05) is 0 Å². The van der Waals surface area contributed by atoms with Gasteiger partial charge in [-0.3, -0.25) is 9.69 Å². The molecule has 0 aromatic carbocycles. The molecule has 0 spiro atoms. The van der Waals surface area contributed by atoms with E-state index in [0.717, 1.165) is 45.1 Å². The summed E-state index contributed by atoms with van der Waals surface area (Å²) in [5.74, 6) is 1.38. The summed E-state index contributed by atoms with van der Waals surface area (Å²) in [7, 11) is 0. The number of nitrogens with one attached hydrogen (secondary N) is 1. The van der Waals surface area contributed by atoms with Crippen molar-refractivity contribution in [2.45, 2.75) is 37.8 Å². The van der Waals surface area contributed by atoms with Crippen molar-refractivity contribution in [1.82, 2.24) is 10.2 Å². The lowest BCUT2D eigenvalue weighted by Crippen LogP contribution is -2.52. The number of furan rings is 1. The molecule has 4 rings (SSSR count). The zero-order chi connectivity index (χ0) is 17.1. The monoisotopic (exact) mass is 348 g/mol. The van der Waals surface area contributed by atoms with Crippen LogP contribution in [0.1, 0.15) is 36.2 Å². The van der Waals surface area contributed by atoms with Crippen LogP contribution in [0.5, 0.6) is 0 Å². The Labute approximate surface area is 148 Å². The average molecular weight is 348 g/mol. The van der Waals surface area contributed by atoms with Crippen molar-refractivity contribution in [3.05, 3.63) is 24.2 Å². The number of rotatable bonds is 5. The number of nitrogens with zero attached hydrogens (tertiary/aromatic N) is 1. The molecule has 6 nitrogen and oxygen atoms in total. The minimum atomic E-state index is -0.136. The molecule has 0 radical (unpaired) electrons. The summed E-state index contributed by atoms with van der Waals surface area (Å²) < 4.78 is 16.8. The lowest BCUT2D eigenvalue weighted by molar-refractivity contribution is -0.0809. The van der Waals surface area contributed by atoms with E-state index in [0.29, 0.717) is 24.3 Å². The molecule has 3 atom stereocenters. The van der Waals surface area contributed by atoms with Crippen LogP contribution in [-0.4, -0.2) is 62.4 Å². The maximum Gasteiger partial charge on any atom is 0.286 e. The van der Waals surface area contributed by atoms with Gasteiger partial charge >= 0.3 is 0 Å². The van der Waals surface area contributed by atoms with Gasteiger partial charge in [0.25, 0.3) is 5.91 Å². The van der Waals surface area contributed by atoms with Gasteiger partial charge in [0.1, 0.15) is 0 Å². The summed E-state index contributed by atoms with van der Waals surface area (Å²) in [5, 5.41) is 3.01. The predicted molar refractivity (Wildman–Crippen MR) is 92.4 cm³/mol. The van der Waals surface area contributed by atoms with Crippen LogP contribution in [0, 0.1) is 11.8 Å². The minimum Gasteiger partial charge on any atom is -0.459 e. The number of fused-ring (bicyclic) bond motifs is 1. The molecule has 6 heteroatoms. The molecule has 138 valence electrons. The molecule has 25 heavy (non-hydrogen) atoms. The Morgan fingerprint density at radius 3 is 2.88 bits per heavy atom. The van der Waals surface area contributed by atoms with Crippen molar-refractivity contribution in [2.75, 3.05) is 39.5 Å². The van der Waals surface area contributed by atoms with Crippen LogP contribution in [-0.2, 0) is 9.47 Å². The van der Waals surface area contributed by atoms with Gasteiger partial charge in [0.15, 0.2) is 5.76 Å². The van der Waals surface area contributed by atoms with Crippen LogP contribution in [0.4, 0.5) is 0 Å². The fourth-order valence-electron chi connectivity index (χ4n) is 4.56. The number of ether oxygens (including phenoxy) is 2. The fourth-order valence-corrected chi connectivity index (χ4v) is 4.56. The minimum absolute atomic E-state index is 0.136. The molecule has 1 aromatic rings. The van der Waals surface area contributed by atoms with E-state index in [9.17, 15) is 4.79 Å². The SMILES string of the molecule is O=C(NC[C@@H]1CC[C@@H]2[C@@H]1OCCN2CC1CCOCC1)c1ccco1. The largest absolute Gasteiger partial charge is 0.459 e. The van der Waals surface area contributed by atoms with Gasteiger partial charge < -0.3 is 19.2 Å². The predicted octanol–water partition coefficient (Wildman–Crippen LogP) is 1.92. The van der Waals surface area contributed by atoms with E-state index in [1.54, 1.807) is 12.1 Å². The summed E-state index contributed by atoms with van der Waals surface area (Å²) in [5.41, 5.74) is 0. The molecule has 3 fully saturated rings. The fraction of sp³-hybridized carbons (Fsp3) is 0.737. The summed E-state index contributed by atoms with van der Waals surface area (Å²) in [6.07, 6.45) is 6.39. The van der Waals surface area contributed by atoms with E-state index in [-0.39, 0.29) is 12.0 Å². The topological polar surface area (TPSA) is 63.9 Å². The Bertz CT molecular complexity index is 556. The van der Waals surface area contributed by atoms with Crippen LogP contribution in [0.15, 0.2) is 22.8 Å². The zero-order valence-electron chi connectivity index (χ0n) is 14.7. The third-order valence-electron chi connectivity index (χ3n) is 5.94. The van der Waals surface area contributed by atoms with Gasteiger partial charge in [-0.2, -0.15) is 0 Å². The second-order valence-corrected chi connectivity index (χ2v) is 7.48. The highest BCUT2D eigenvalue weighted by molar-refractivity contribution is 5.91. The molecular formula is C19H28N2O4. The Balaban J connectivity index is 1.30. The molecule has 1 amide bonds. The Morgan fingerprint density at radius 1 is 1.20 bits per heavy atom. The molecule has 0 unspecified atom stereocenters. The van der Waals surface area contributed by atoms with E-state index in [1.807, 2.05) is 0 Å². The van der Waals surface area contributed by atoms with Crippen LogP contribution in [0.3, 0.4) is 0 Å². The van der Waals surface area contributed by atoms with Crippen LogP contribution in [0.2, 0.25) is 0 Å². The van der Waals surface area contributed by atoms with E-state index in [4.69, 9.17) is 13.9 Å². The number of hydrogen-bond acceptors (Lipinski definition) is 5. The number of hydrogen-bond donors (Lipinski definition) is 1. The molecule has 3 aliphatic rings. The molecule has 0 bridgehead atoms. The molecule has 1 saturated carbocycles. The first-order valence-corrected chi connectivity index (χ1v) is 9.56. The molecule has 1 N–H and O–H groups in total. The van der Waals surface area contributed by atoms with Crippen molar-refractivity contribution >= 4 is 5.91 Å². The third-order valence-corrected chi connectivity index (χ3v) is 5.94. The maximum absolute atomic E-state index is 12.1. The molecule has 1 aromatic heterocycles. The van der Waals surface area contributed by atoms with Crippen molar-refractivity contribution in [2.24, 2.45) is 11.8 Å². The first-order chi connectivity index (χ1) is 12.3. The summed E-state index contributed by atoms with van der Waals surface area (Å²) in [6, 6.07) is 3.93. The Hall–Kier alpha value is -1.37. The van der Waals surface area contributed by atoms with Crippen molar-refractivity contribution < 1.29 is 18.7 Å². The number of morpholine rings is 1. The van der Waals surface area contributed by atoms with Crippen molar-refractivity contribution in [1.29, 1.82) is 0 Å². The standard InChI is InChI=1S/C19H28N2O4/c22-19(17-2-1-8-24-17)20-12-15-3-4-16-18(15)25-11-7-21(16)13-14-5-9-23-10-6-14/h1-2,8,14-16,18H,3-7,9-13H2,(H,20,22)/t15-,16+,18+/m0/s1. The van der Waals surface area contributed by atoms with Gasteiger partial charge in [0.05, 0.1) is 19.0 Å². The van der Waals surface area contributed by atoms with Crippen LogP contribution >= 0.6 is 0 Å². The highest BCUT2D eigenvalue weighted by atomic mass is 16.5. The molecule has 3 heterocycles. The Kier molecular flexibility index (Phi) is 5.39. The van der Waals surface area contributed by atoms with Crippen LogP contribution in [0.25, 0.3) is 0 Å². The average Bonchev–Trinajstić information content (AvgIpc) is 3.31. The zero-order valence-corrected chi connectivity index (χ0v) is 14.7. The maximum atomic E-state index is 12.1. The Morgan fingerprint density at radius 2 is 2.08 bits per heavy atom. The highest BCUT2D eigenvalue weighted by Crippen LogP contribution is 2.35. The second kappa shape index (κ2) is 7.89. The van der Waals surface area contributed by atoms with E-state index in [1.165, 1.54) is 25.6 Å². The van der Waals surface area contributed by atoms with E-state index in [2.05, 4.69) is 10.2 Å². The lowest BCUT2D eigenvalue weighted by Gasteiger charge is -2.41. The first kappa shape index (κ1) is 17.1. The number of carbonyl (C=O) groups excluding carboxylic acids is 1. The van der Waals surface area contributed by atoms with Gasteiger partial charge in [-0.15, -0.1) is 0 Å². The number of amides is 1. The summed E-state index contributed by atoms with van der Waals surface area (Å²) >= 11 is 0. The van der Waals surface area contributed by atoms with Gasteiger partial charge in [0.2, 0.25) is 0 Å². The van der Waals surface area contributed by atoms with Crippen molar-refractivity contribution in [3.63, 3.8) is 0 Å². The molecule has 1 aliphatic carbocycles. The smallest absolute Gasteiger partial charge is 0.286 e. The number of carbonyl (C=O) groups is 1. The normalized spacial score (nSPS) is 31.0. The lowest BCUT2D eigenvalue weighted by atomic mass is 9.97. The van der Waals surface area contributed by atoms with Gasteiger partial charge in [0, 0.05) is 44.8 Å². The first-order valence-electron chi connectivity index (χ1n) is 9.56. The molecule has 2 saturated heterocycles. The molecular weight excluding hydrogens is 320 g/mol. The van der Waals surface area contributed by atoms with Crippen molar-refractivity contribution in [3.8, 4) is 0 Å². The molecule has 2 aliphatic heterocycles. The van der Waals surface area contributed by atoms with E-state index < -0.39 is 0 Å². The highest BCUT2D eigenvalue weighted by Gasteiger charge is 2.43. The van der Waals surface area contributed by atoms with Gasteiger partial charge in [-0.25, -0.2) is 0 Å². The second-order valence-electron chi connectivity index (χ2n) is 7.48. The van der Waals surface area contributed by atoms with Gasteiger partial charge in [-0.05, 0) is 43.7 Å². The summed E-state index contributed by atoms with van der Waals surface area (Å²) in [6.45, 7) is 5.47. The van der Waals surface area contributed by atoms with Crippen LogP contribution < -0.4 is 5.32 Å². The third kappa shape index (κ3) is 3.91. The summed E-state index contributed by atoms with van der Waals surface area (Å²) in [4.78, 5) is 14.7. The quantitative estimate of drug-likeness (QED) is 0.881.